The van der Waals surface area contributed by atoms with E-state index >= 15 is 0 Å². The molecule has 0 bridgehead atoms. The van der Waals surface area contributed by atoms with Crippen molar-refractivity contribution in [3.63, 3.8) is 0 Å². The standard InChI is InChI=1S/C17H29N3O2/c1-13(14-7-5-4-6-8-14)9-16(21)18-12-17(2,22)15-10-19-20(3)11-15/h10-11,13-14,22H,4-9,12H2,1-3H3,(H,18,21). The van der Waals surface area contributed by atoms with E-state index in [1.807, 2.05) is 7.05 Å². The van der Waals surface area contributed by atoms with Gasteiger partial charge >= 0.3 is 0 Å². The number of hydrogen-bond donors (Lipinski definition) is 2. The van der Waals surface area contributed by atoms with Crippen molar-refractivity contribution < 1.29 is 9.90 Å². The van der Waals surface area contributed by atoms with E-state index in [4.69, 9.17) is 0 Å². The summed E-state index contributed by atoms with van der Waals surface area (Å²) >= 11 is 0. The molecule has 0 aliphatic heterocycles. The zero-order valence-corrected chi connectivity index (χ0v) is 14.0. The summed E-state index contributed by atoms with van der Waals surface area (Å²) in [5.74, 6) is 1.13. The average Bonchev–Trinajstić information content (AvgIpc) is 2.94. The number of aromatic nitrogens is 2. The molecule has 1 heterocycles. The zero-order valence-electron chi connectivity index (χ0n) is 14.0. The van der Waals surface area contributed by atoms with Gasteiger partial charge in [-0.1, -0.05) is 39.0 Å². The Morgan fingerprint density at radius 2 is 2.18 bits per heavy atom. The first-order chi connectivity index (χ1) is 10.4. The maximum Gasteiger partial charge on any atom is 0.220 e. The summed E-state index contributed by atoms with van der Waals surface area (Å²) < 4.78 is 1.65. The van der Waals surface area contributed by atoms with Crippen LogP contribution in [0.4, 0.5) is 0 Å². The molecule has 5 heteroatoms. The van der Waals surface area contributed by atoms with E-state index in [-0.39, 0.29) is 12.5 Å². The average molecular weight is 307 g/mol. The first-order valence-electron chi connectivity index (χ1n) is 8.36. The highest BCUT2D eigenvalue weighted by atomic mass is 16.3. The van der Waals surface area contributed by atoms with Gasteiger partial charge in [0.1, 0.15) is 5.60 Å². The zero-order chi connectivity index (χ0) is 16.2. The molecule has 0 radical (unpaired) electrons. The van der Waals surface area contributed by atoms with Crippen LogP contribution in [0.5, 0.6) is 0 Å². The second-order valence-corrected chi connectivity index (χ2v) is 7.03. The van der Waals surface area contributed by atoms with Gasteiger partial charge in [0, 0.05) is 25.2 Å². The smallest absolute Gasteiger partial charge is 0.220 e. The Balaban J connectivity index is 1.79. The number of aryl methyl sites for hydroxylation is 1. The van der Waals surface area contributed by atoms with Crippen molar-refractivity contribution in [1.29, 1.82) is 0 Å². The van der Waals surface area contributed by atoms with Gasteiger partial charge in [0.15, 0.2) is 0 Å². The monoisotopic (exact) mass is 307 g/mol. The summed E-state index contributed by atoms with van der Waals surface area (Å²) in [6.07, 6.45) is 10.4. The Hall–Kier alpha value is -1.36. The van der Waals surface area contributed by atoms with Crippen molar-refractivity contribution in [2.24, 2.45) is 18.9 Å². The molecule has 1 aliphatic rings. The number of rotatable bonds is 6. The third kappa shape index (κ3) is 4.57. The normalized spacial score (nSPS) is 20.4. The number of amides is 1. The van der Waals surface area contributed by atoms with Gasteiger partial charge in [0.25, 0.3) is 0 Å². The lowest BCUT2D eigenvalue weighted by Crippen LogP contribution is -2.39. The molecule has 2 unspecified atom stereocenters. The lowest BCUT2D eigenvalue weighted by Gasteiger charge is -2.28. The third-order valence-corrected chi connectivity index (χ3v) is 4.92. The quantitative estimate of drug-likeness (QED) is 0.848. The topological polar surface area (TPSA) is 67.2 Å². The lowest BCUT2D eigenvalue weighted by atomic mass is 9.79. The molecule has 2 atom stereocenters. The first-order valence-corrected chi connectivity index (χ1v) is 8.36. The van der Waals surface area contributed by atoms with Crippen LogP contribution in [0.15, 0.2) is 12.4 Å². The predicted octanol–water partition coefficient (Wildman–Crippen LogP) is 2.35. The van der Waals surface area contributed by atoms with Crippen molar-refractivity contribution in [3.8, 4) is 0 Å². The Morgan fingerprint density at radius 1 is 1.50 bits per heavy atom. The van der Waals surface area contributed by atoms with Crippen LogP contribution in [0.3, 0.4) is 0 Å². The molecule has 1 aromatic rings. The van der Waals surface area contributed by atoms with Crippen LogP contribution in [0, 0.1) is 11.8 Å². The molecule has 5 nitrogen and oxygen atoms in total. The summed E-state index contributed by atoms with van der Waals surface area (Å²) in [7, 11) is 1.81. The molecule has 2 N–H and O–H groups in total. The second kappa shape index (κ2) is 7.27. The van der Waals surface area contributed by atoms with E-state index in [1.165, 1.54) is 32.1 Å². The summed E-state index contributed by atoms with van der Waals surface area (Å²) in [4.78, 5) is 12.1. The molecule has 1 saturated carbocycles. The van der Waals surface area contributed by atoms with E-state index in [1.54, 1.807) is 24.0 Å². The molecule has 0 saturated heterocycles. The van der Waals surface area contributed by atoms with Crippen molar-refractivity contribution >= 4 is 5.91 Å². The number of aliphatic hydroxyl groups is 1. The van der Waals surface area contributed by atoms with Gasteiger partial charge < -0.3 is 10.4 Å². The second-order valence-electron chi connectivity index (χ2n) is 7.03. The Labute approximate surface area is 133 Å². The molecule has 1 amide bonds. The Bertz CT molecular complexity index is 490. The molecular formula is C17H29N3O2. The first kappa shape index (κ1) is 17.0. The molecule has 2 rings (SSSR count). The summed E-state index contributed by atoms with van der Waals surface area (Å²) in [6.45, 7) is 4.10. The molecule has 0 aromatic carbocycles. The maximum absolute atomic E-state index is 12.1. The van der Waals surface area contributed by atoms with E-state index in [2.05, 4.69) is 17.3 Å². The van der Waals surface area contributed by atoms with Gasteiger partial charge in [-0.3, -0.25) is 9.48 Å². The van der Waals surface area contributed by atoms with Gasteiger partial charge in [0.2, 0.25) is 5.91 Å². The van der Waals surface area contributed by atoms with E-state index in [9.17, 15) is 9.90 Å². The van der Waals surface area contributed by atoms with E-state index in [0.29, 0.717) is 18.3 Å². The van der Waals surface area contributed by atoms with E-state index < -0.39 is 5.60 Å². The highest BCUT2D eigenvalue weighted by Crippen LogP contribution is 2.31. The highest BCUT2D eigenvalue weighted by Gasteiger charge is 2.27. The maximum atomic E-state index is 12.1. The number of nitrogens with one attached hydrogen (secondary N) is 1. The van der Waals surface area contributed by atoms with E-state index in [0.717, 1.165) is 5.56 Å². The summed E-state index contributed by atoms with van der Waals surface area (Å²) in [6, 6.07) is 0. The van der Waals surface area contributed by atoms with Gasteiger partial charge in [-0.05, 0) is 18.8 Å². The molecule has 124 valence electrons. The Kier molecular flexibility index (Phi) is 5.62. The third-order valence-electron chi connectivity index (χ3n) is 4.92. The molecule has 0 spiro atoms. The van der Waals surface area contributed by atoms with Gasteiger partial charge in [-0.2, -0.15) is 5.10 Å². The Morgan fingerprint density at radius 3 is 2.77 bits per heavy atom. The van der Waals surface area contributed by atoms with Gasteiger partial charge in [-0.15, -0.1) is 0 Å². The van der Waals surface area contributed by atoms with Crippen molar-refractivity contribution in [3.05, 3.63) is 18.0 Å². The number of carbonyl (C=O) groups excluding carboxylic acids is 1. The highest BCUT2D eigenvalue weighted by molar-refractivity contribution is 5.76. The predicted molar refractivity (Wildman–Crippen MR) is 86.1 cm³/mol. The van der Waals surface area contributed by atoms with Crippen LogP contribution in [0.25, 0.3) is 0 Å². The SMILES string of the molecule is CC(CC(=O)NCC(C)(O)c1cnn(C)c1)C1CCCCC1. The number of nitrogens with zero attached hydrogens (tertiary/aromatic N) is 2. The largest absolute Gasteiger partial charge is 0.383 e. The molecule has 1 aliphatic carbocycles. The summed E-state index contributed by atoms with van der Waals surface area (Å²) in [5, 5.41) is 17.4. The van der Waals surface area contributed by atoms with Crippen LogP contribution in [0.2, 0.25) is 0 Å². The lowest BCUT2D eigenvalue weighted by molar-refractivity contribution is -0.123. The van der Waals surface area contributed by atoms with Crippen LogP contribution < -0.4 is 5.32 Å². The molecule has 1 aromatic heterocycles. The number of hydrogen-bond acceptors (Lipinski definition) is 3. The van der Waals surface area contributed by atoms with Crippen LogP contribution in [0.1, 0.15) is 57.9 Å². The fourth-order valence-electron chi connectivity index (χ4n) is 3.31. The van der Waals surface area contributed by atoms with Crippen LogP contribution in [-0.2, 0) is 17.4 Å². The van der Waals surface area contributed by atoms with Gasteiger partial charge in [-0.25, -0.2) is 0 Å². The van der Waals surface area contributed by atoms with Crippen molar-refractivity contribution in [2.75, 3.05) is 6.54 Å². The fraction of sp³-hybridized carbons (Fsp3) is 0.765. The summed E-state index contributed by atoms with van der Waals surface area (Å²) in [5.41, 5.74) is -0.367. The van der Waals surface area contributed by atoms with Gasteiger partial charge in [0.05, 0.1) is 12.7 Å². The molecule has 1 fully saturated rings. The molecule has 22 heavy (non-hydrogen) atoms. The minimum absolute atomic E-state index is 0.0299. The van der Waals surface area contributed by atoms with Crippen LogP contribution >= 0.6 is 0 Å². The number of carbonyl (C=O) groups is 1. The van der Waals surface area contributed by atoms with Crippen LogP contribution in [-0.4, -0.2) is 27.3 Å². The minimum Gasteiger partial charge on any atom is -0.383 e. The van der Waals surface area contributed by atoms with Crippen molar-refractivity contribution in [1.82, 2.24) is 15.1 Å². The van der Waals surface area contributed by atoms with Crippen molar-refractivity contribution in [2.45, 2.75) is 58.0 Å². The minimum atomic E-state index is -1.09. The fourth-order valence-corrected chi connectivity index (χ4v) is 3.31. The molecular weight excluding hydrogens is 278 g/mol.